The SMILES string of the molecule is CN[C@@H](C)C(=O)N[C@H](C(=O)N1C[C@@H](CC(=O)c2cccc(C(=O)C[C@H]3C[C@@H](C(=O)N[C@@H]4CCCc5ccc(Br)cc54)N(C(=O)[C@@H](NC(=O)[C@H](C)NC)C(C)(C)C)C3)c2)C[C@H]1C(=O)N[C@@H]1CCCc2ccc(Br)cc21)C(C)(C)C. The smallest absolute Gasteiger partial charge is 0.246 e. The molecule has 0 bridgehead atoms. The van der Waals surface area contributed by atoms with Crippen LogP contribution in [0.3, 0.4) is 0 Å². The maximum atomic E-state index is 14.8. The molecule has 3 aromatic rings. The van der Waals surface area contributed by atoms with Crippen molar-refractivity contribution in [3.05, 3.63) is 103 Å². The van der Waals surface area contributed by atoms with Gasteiger partial charge in [0.1, 0.15) is 24.2 Å². The highest BCUT2D eigenvalue weighted by molar-refractivity contribution is 9.10. The maximum absolute atomic E-state index is 14.8. The summed E-state index contributed by atoms with van der Waals surface area (Å²) in [6.45, 7) is 14.8. The Kier molecular flexibility index (Phi) is 19.7. The van der Waals surface area contributed by atoms with Gasteiger partial charge in [-0.25, -0.2) is 0 Å². The molecule has 2 saturated heterocycles. The van der Waals surface area contributed by atoms with Crippen molar-refractivity contribution >= 4 is 78.9 Å². The Balaban J connectivity index is 1.09. The van der Waals surface area contributed by atoms with Crippen molar-refractivity contribution in [3.63, 3.8) is 0 Å². The fourth-order valence-corrected chi connectivity index (χ4v) is 12.3. The molecule has 0 spiro atoms. The number of Topliss-reactive ketones (excluding diaryl/α,β-unsaturated/α-hetero) is 2. The van der Waals surface area contributed by atoms with Gasteiger partial charge in [0.05, 0.1) is 24.2 Å². The summed E-state index contributed by atoms with van der Waals surface area (Å²) in [6, 6.07) is 13.2. The number of halogens is 2. The van der Waals surface area contributed by atoms with Gasteiger partial charge in [-0.2, -0.15) is 0 Å². The minimum atomic E-state index is -0.973. The van der Waals surface area contributed by atoms with Crippen LogP contribution in [0.4, 0.5) is 0 Å². The number of nitrogens with zero attached hydrogens (tertiary/aromatic N) is 2. The van der Waals surface area contributed by atoms with Crippen LogP contribution in [0.2, 0.25) is 0 Å². The highest BCUT2D eigenvalue weighted by Gasteiger charge is 2.48. The lowest BCUT2D eigenvalue weighted by Gasteiger charge is -2.36. The molecule has 7 rings (SSSR count). The highest BCUT2D eigenvalue weighted by atomic mass is 79.9. The van der Waals surface area contributed by atoms with Crippen LogP contribution in [0.15, 0.2) is 69.6 Å². The second-order valence-corrected chi connectivity index (χ2v) is 26.1. The summed E-state index contributed by atoms with van der Waals surface area (Å²) < 4.78 is 1.80. The first kappa shape index (κ1) is 60.3. The van der Waals surface area contributed by atoms with Crippen molar-refractivity contribution in [2.75, 3.05) is 27.2 Å². The van der Waals surface area contributed by atoms with Crippen LogP contribution in [0.5, 0.6) is 0 Å². The number of rotatable bonds is 18. The molecule has 18 heteroatoms. The third kappa shape index (κ3) is 14.4. The van der Waals surface area contributed by atoms with Gasteiger partial charge >= 0.3 is 0 Å². The van der Waals surface area contributed by atoms with Crippen molar-refractivity contribution in [2.45, 2.75) is 168 Å². The monoisotopic (exact) mass is 1200 g/mol. The van der Waals surface area contributed by atoms with Gasteiger partial charge in [0.25, 0.3) is 0 Å². The van der Waals surface area contributed by atoms with E-state index in [-0.39, 0.29) is 86.1 Å². The van der Waals surface area contributed by atoms with E-state index in [1.807, 2.05) is 65.8 Å². The number of aryl methyl sites for hydroxylation is 2. The zero-order chi connectivity index (χ0) is 57.0. The van der Waals surface area contributed by atoms with Crippen LogP contribution in [0.1, 0.15) is 162 Å². The first-order chi connectivity index (χ1) is 36.8. The quantitative estimate of drug-likeness (QED) is 0.0692. The molecular weight excluding hydrogens is 1120 g/mol. The number of likely N-dealkylation sites (tertiary alicyclic amines) is 2. The van der Waals surface area contributed by atoms with Gasteiger partial charge < -0.3 is 41.7 Å². The van der Waals surface area contributed by atoms with Gasteiger partial charge in [-0.05, 0) is 155 Å². The van der Waals surface area contributed by atoms with Crippen LogP contribution < -0.4 is 31.9 Å². The van der Waals surface area contributed by atoms with Crippen molar-refractivity contribution in [2.24, 2.45) is 22.7 Å². The Morgan fingerprint density at radius 3 is 1.32 bits per heavy atom. The lowest BCUT2D eigenvalue weighted by Crippen LogP contribution is -2.59. The Morgan fingerprint density at radius 1 is 0.577 bits per heavy atom. The summed E-state index contributed by atoms with van der Waals surface area (Å²) in [4.78, 5) is 117. The molecule has 2 heterocycles. The zero-order valence-corrected chi connectivity index (χ0v) is 50.1. The predicted molar refractivity (Wildman–Crippen MR) is 307 cm³/mol. The normalized spacial score (nSPS) is 22.7. The standard InChI is InChI=1S/C60H80Br2N8O8/c1-33(63-9)53(73)67-51(59(3,4)5)57(77)69-31-35(24-47(69)55(75)65-45-18-12-14-37-20-22-41(61)29-43(37)45)26-49(71)39-16-11-17-40(28-39)50(72)27-36-25-48(56(76)66-46-19-13-15-38-21-23-42(62)30-44(38)46)70(32-36)58(78)52(60(6,7)8)68-54(74)34(2)64-10/h11,16-17,20-23,28-30,33-36,45-48,51-52,63-64H,12-15,18-19,24-27,31-32H2,1-10H3,(H,65,75)(H,66,76)(H,67,73)(H,68,74)/t33-,34-,35+,36+,45+,46+,47-,48-,51+,52+/m0/s1. The summed E-state index contributed by atoms with van der Waals surface area (Å²) >= 11 is 7.18. The van der Waals surface area contributed by atoms with Crippen molar-refractivity contribution in [1.29, 1.82) is 0 Å². The number of fused-ring (bicyclic) bond motifs is 2. The molecule has 0 unspecified atom stereocenters. The fraction of sp³-hybridized carbons (Fsp3) is 0.567. The Labute approximate surface area is 477 Å². The van der Waals surface area contributed by atoms with E-state index in [9.17, 15) is 38.4 Å². The number of amides is 6. The summed E-state index contributed by atoms with van der Waals surface area (Å²) in [7, 11) is 3.32. The summed E-state index contributed by atoms with van der Waals surface area (Å²) in [6.07, 6.45) is 5.41. The summed E-state index contributed by atoms with van der Waals surface area (Å²) in [5.74, 6) is -3.54. The minimum absolute atomic E-state index is 0.00870. The first-order valence-corrected chi connectivity index (χ1v) is 29.3. The second-order valence-electron chi connectivity index (χ2n) is 24.3. The van der Waals surface area contributed by atoms with Crippen molar-refractivity contribution in [3.8, 4) is 0 Å². The number of nitrogens with one attached hydrogen (secondary N) is 6. The fourth-order valence-electron chi connectivity index (χ4n) is 11.6. The van der Waals surface area contributed by atoms with Crippen molar-refractivity contribution < 1.29 is 38.4 Å². The topological polar surface area (TPSA) is 215 Å². The van der Waals surface area contributed by atoms with Gasteiger partial charge in [-0.15, -0.1) is 0 Å². The lowest BCUT2D eigenvalue weighted by atomic mass is 9.85. The molecule has 10 atom stereocenters. The lowest BCUT2D eigenvalue weighted by molar-refractivity contribution is -0.144. The van der Waals surface area contributed by atoms with Crippen LogP contribution in [-0.4, -0.2) is 120 Å². The molecule has 0 saturated carbocycles. The molecule has 2 aliphatic heterocycles. The van der Waals surface area contributed by atoms with E-state index in [1.165, 1.54) is 9.80 Å². The zero-order valence-electron chi connectivity index (χ0n) is 46.9. The third-order valence-corrected chi connectivity index (χ3v) is 17.3. The average molecular weight is 1200 g/mol. The molecular formula is C60H80Br2N8O8. The van der Waals surface area contributed by atoms with E-state index in [2.05, 4.69) is 75.9 Å². The average Bonchev–Trinajstić information content (AvgIpc) is 4.14. The van der Waals surface area contributed by atoms with Crippen LogP contribution in [0.25, 0.3) is 0 Å². The van der Waals surface area contributed by atoms with Gasteiger partial charge in [0, 0.05) is 46.0 Å². The number of hydrogen-bond donors (Lipinski definition) is 6. The maximum Gasteiger partial charge on any atom is 0.246 e. The van der Waals surface area contributed by atoms with E-state index in [4.69, 9.17) is 0 Å². The Morgan fingerprint density at radius 2 is 0.962 bits per heavy atom. The number of carbonyl (C=O) groups excluding carboxylic acids is 8. The van der Waals surface area contributed by atoms with Gasteiger partial charge in [-0.3, -0.25) is 38.4 Å². The van der Waals surface area contributed by atoms with E-state index in [0.717, 1.165) is 69.7 Å². The Hall–Kier alpha value is -5.30. The van der Waals surface area contributed by atoms with Crippen LogP contribution >= 0.6 is 31.9 Å². The minimum Gasteiger partial charge on any atom is -0.347 e. The third-order valence-electron chi connectivity index (χ3n) is 16.3. The second kappa shape index (κ2) is 25.4. The molecule has 2 aliphatic carbocycles. The largest absolute Gasteiger partial charge is 0.347 e. The molecule has 16 nitrogen and oxygen atoms in total. The van der Waals surface area contributed by atoms with Crippen molar-refractivity contribution in [1.82, 2.24) is 41.7 Å². The predicted octanol–water partition coefficient (Wildman–Crippen LogP) is 7.46. The molecule has 3 aromatic carbocycles. The van der Waals surface area contributed by atoms with E-state index >= 15 is 0 Å². The van der Waals surface area contributed by atoms with Gasteiger partial charge in [0.15, 0.2) is 11.6 Å². The molecule has 422 valence electrons. The van der Waals surface area contributed by atoms with E-state index < -0.39 is 70.7 Å². The molecule has 4 aliphatic rings. The number of carbonyl (C=O) groups is 8. The highest BCUT2D eigenvalue weighted by Crippen LogP contribution is 2.37. The Bertz CT molecular complexity index is 2590. The van der Waals surface area contributed by atoms with Crippen LogP contribution in [-0.2, 0) is 41.6 Å². The molecule has 6 N–H and O–H groups in total. The first-order valence-electron chi connectivity index (χ1n) is 27.7. The summed E-state index contributed by atoms with van der Waals surface area (Å²) in [5.41, 5.74) is 3.50. The number of hydrogen-bond acceptors (Lipinski definition) is 10. The summed E-state index contributed by atoms with van der Waals surface area (Å²) in [5, 5.41) is 18.3. The number of ketones is 2. The van der Waals surface area contributed by atoms with E-state index in [1.54, 1.807) is 52.2 Å². The van der Waals surface area contributed by atoms with Gasteiger partial charge in [0.2, 0.25) is 35.4 Å². The van der Waals surface area contributed by atoms with E-state index in [0.29, 0.717) is 11.1 Å². The molecule has 6 amide bonds. The van der Waals surface area contributed by atoms with Gasteiger partial charge in [-0.1, -0.05) is 104 Å². The molecule has 0 aromatic heterocycles. The molecule has 0 radical (unpaired) electrons. The molecule has 78 heavy (non-hydrogen) atoms. The number of likely N-dealkylation sites (N-methyl/N-ethyl adjacent to an activating group) is 2. The number of benzene rings is 3. The van der Waals surface area contributed by atoms with Crippen LogP contribution in [0, 0.1) is 22.7 Å². The molecule has 2 fully saturated rings.